The van der Waals surface area contributed by atoms with E-state index in [-0.39, 0.29) is 0 Å². The van der Waals surface area contributed by atoms with E-state index in [9.17, 15) is 0 Å². The minimum atomic E-state index is 0.465. The SMILES string of the molecule is Cc1ccccc1N(C)c1ccncc1CNC(C)C. The lowest BCUT2D eigenvalue weighted by Crippen LogP contribution is -2.23. The average Bonchev–Trinajstić information content (AvgIpc) is 2.45. The summed E-state index contributed by atoms with van der Waals surface area (Å²) >= 11 is 0. The number of nitrogens with one attached hydrogen (secondary N) is 1. The van der Waals surface area contributed by atoms with Gasteiger partial charge in [-0.25, -0.2) is 0 Å². The molecule has 0 spiro atoms. The predicted octanol–water partition coefficient (Wildman–Crippen LogP) is 3.66. The van der Waals surface area contributed by atoms with Crippen LogP contribution in [0.25, 0.3) is 0 Å². The highest BCUT2D eigenvalue weighted by Crippen LogP contribution is 2.28. The highest BCUT2D eigenvalue weighted by atomic mass is 15.1. The Bertz CT molecular complexity index is 564. The third-order valence-electron chi connectivity index (χ3n) is 3.42. The van der Waals surface area contributed by atoms with Crippen LogP contribution in [0.15, 0.2) is 42.7 Å². The van der Waals surface area contributed by atoms with Gasteiger partial charge in [-0.05, 0) is 24.6 Å². The van der Waals surface area contributed by atoms with Crippen molar-refractivity contribution in [1.82, 2.24) is 10.3 Å². The summed E-state index contributed by atoms with van der Waals surface area (Å²) in [5, 5.41) is 3.46. The maximum absolute atomic E-state index is 4.26. The van der Waals surface area contributed by atoms with Crippen molar-refractivity contribution in [2.45, 2.75) is 33.4 Å². The average molecular weight is 269 g/mol. The highest BCUT2D eigenvalue weighted by Gasteiger charge is 2.11. The summed E-state index contributed by atoms with van der Waals surface area (Å²) in [6.07, 6.45) is 3.79. The number of hydrogen-bond donors (Lipinski definition) is 1. The quantitative estimate of drug-likeness (QED) is 0.898. The van der Waals surface area contributed by atoms with Crippen molar-refractivity contribution >= 4 is 11.4 Å². The highest BCUT2D eigenvalue weighted by molar-refractivity contribution is 5.67. The molecule has 3 nitrogen and oxygen atoms in total. The van der Waals surface area contributed by atoms with Crippen LogP contribution >= 0.6 is 0 Å². The molecule has 106 valence electrons. The topological polar surface area (TPSA) is 28.2 Å². The summed E-state index contributed by atoms with van der Waals surface area (Å²) in [4.78, 5) is 6.49. The number of nitrogens with zero attached hydrogens (tertiary/aromatic N) is 2. The Morgan fingerprint density at radius 1 is 1.15 bits per heavy atom. The van der Waals surface area contributed by atoms with E-state index >= 15 is 0 Å². The van der Waals surface area contributed by atoms with Gasteiger partial charge in [-0.2, -0.15) is 0 Å². The summed E-state index contributed by atoms with van der Waals surface area (Å²) < 4.78 is 0. The molecule has 0 radical (unpaired) electrons. The number of hydrogen-bond acceptors (Lipinski definition) is 3. The minimum absolute atomic E-state index is 0.465. The van der Waals surface area contributed by atoms with E-state index in [0.29, 0.717) is 6.04 Å². The standard InChI is InChI=1S/C17H23N3/c1-13(2)19-12-15-11-18-10-9-17(15)20(4)16-8-6-5-7-14(16)3/h5-11,13,19H,12H2,1-4H3. The molecular weight excluding hydrogens is 246 g/mol. The van der Waals surface area contributed by atoms with Gasteiger partial charge in [-0.1, -0.05) is 32.0 Å². The van der Waals surface area contributed by atoms with Gasteiger partial charge in [0, 0.05) is 49.0 Å². The molecule has 0 aliphatic rings. The molecule has 2 aromatic rings. The summed E-state index contributed by atoms with van der Waals surface area (Å²) in [5.41, 5.74) is 4.91. The fourth-order valence-corrected chi connectivity index (χ4v) is 2.27. The number of pyridine rings is 1. The first-order chi connectivity index (χ1) is 9.59. The summed E-state index contributed by atoms with van der Waals surface area (Å²) in [6, 6.07) is 11.0. The lowest BCUT2D eigenvalue weighted by atomic mass is 10.1. The van der Waals surface area contributed by atoms with Crippen molar-refractivity contribution in [3.63, 3.8) is 0 Å². The van der Waals surface area contributed by atoms with E-state index in [2.05, 4.69) is 73.4 Å². The lowest BCUT2D eigenvalue weighted by molar-refractivity contribution is 0.588. The van der Waals surface area contributed by atoms with E-state index in [0.717, 1.165) is 6.54 Å². The number of benzene rings is 1. The van der Waals surface area contributed by atoms with Crippen LogP contribution in [0.1, 0.15) is 25.0 Å². The van der Waals surface area contributed by atoms with Crippen LogP contribution in [0.5, 0.6) is 0 Å². The van der Waals surface area contributed by atoms with Crippen molar-refractivity contribution in [2.75, 3.05) is 11.9 Å². The van der Waals surface area contributed by atoms with Crippen molar-refractivity contribution in [1.29, 1.82) is 0 Å². The molecule has 0 aliphatic heterocycles. The number of rotatable bonds is 5. The minimum Gasteiger partial charge on any atom is -0.344 e. The Kier molecular flexibility index (Phi) is 4.74. The molecule has 0 saturated heterocycles. The Morgan fingerprint density at radius 2 is 1.90 bits per heavy atom. The van der Waals surface area contributed by atoms with E-state index < -0.39 is 0 Å². The third-order valence-corrected chi connectivity index (χ3v) is 3.42. The molecular formula is C17H23N3. The van der Waals surface area contributed by atoms with E-state index in [1.165, 1.54) is 22.5 Å². The fourth-order valence-electron chi connectivity index (χ4n) is 2.27. The second-order valence-electron chi connectivity index (χ2n) is 5.39. The second-order valence-corrected chi connectivity index (χ2v) is 5.39. The molecule has 0 bridgehead atoms. The van der Waals surface area contributed by atoms with Gasteiger partial charge in [0.25, 0.3) is 0 Å². The number of aryl methyl sites for hydroxylation is 1. The van der Waals surface area contributed by atoms with Gasteiger partial charge in [0.05, 0.1) is 0 Å². The first kappa shape index (κ1) is 14.5. The van der Waals surface area contributed by atoms with E-state index in [1.54, 1.807) is 0 Å². The second kappa shape index (κ2) is 6.53. The van der Waals surface area contributed by atoms with Crippen LogP contribution in [-0.4, -0.2) is 18.1 Å². The Morgan fingerprint density at radius 3 is 2.60 bits per heavy atom. The Balaban J connectivity index is 2.30. The Hall–Kier alpha value is -1.87. The number of anilines is 2. The number of aromatic nitrogens is 1. The lowest BCUT2D eigenvalue weighted by Gasteiger charge is -2.24. The smallest absolute Gasteiger partial charge is 0.0484 e. The van der Waals surface area contributed by atoms with Gasteiger partial charge < -0.3 is 10.2 Å². The largest absolute Gasteiger partial charge is 0.344 e. The Labute approximate surface area is 121 Å². The van der Waals surface area contributed by atoms with Gasteiger partial charge in [0.1, 0.15) is 0 Å². The molecule has 3 heteroatoms. The van der Waals surface area contributed by atoms with Crippen molar-refractivity contribution in [3.8, 4) is 0 Å². The molecule has 2 rings (SSSR count). The zero-order valence-corrected chi connectivity index (χ0v) is 12.7. The zero-order chi connectivity index (χ0) is 14.5. The van der Waals surface area contributed by atoms with Crippen LogP contribution in [0.3, 0.4) is 0 Å². The van der Waals surface area contributed by atoms with Crippen LogP contribution in [0, 0.1) is 6.92 Å². The maximum Gasteiger partial charge on any atom is 0.0484 e. The van der Waals surface area contributed by atoms with Crippen LogP contribution in [-0.2, 0) is 6.54 Å². The molecule has 0 aliphatic carbocycles. The molecule has 1 aromatic heterocycles. The maximum atomic E-state index is 4.26. The van der Waals surface area contributed by atoms with E-state index in [1.807, 2.05) is 12.4 Å². The predicted molar refractivity (Wildman–Crippen MR) is 85.5 cm³/mol. The molecule has 0 saturated carbocycles. The molecule has 20 heavy (non-hydrogen) atoms. The van der Waals surface area contributed by atoms with Crippen LogP contribution in [0.4, 0.5) is 11.4 Å². The zero-order valence-electron chi connectivity index (χ0n) is 12.7. The normalized spacial score (nSPS) is 10.8. The van der Waals surface area contributed by atoms with Gasteiger partial charge in [0.15, 0.2) is 0 Å². The van der Waals surface area contributed by atoms with Gasteiger partial charge in [0.2, 0.25) is 0 Å². The molecule has 0 amide bonds. The van der Waals surface area contributed by atoms with E-state index in [4.69, 9.17) is 0 Å². The molecule has 0 fully saturated rings. The molecule has 0 atom stereocenters. The van der Waals surface area contributed by atoms with Gasteiger partial charge in [-0.3, -0.25) is 4.98 Å². The van der Waals surface area contributed by atoms with Crippen LogP contribution < -0.4 is 10.2 Å². The fraction of sp³-hybridized carbons (Fsp3) is 0.353. The molecule has 1 aromatic carbocycles. The monoisotopic (exact) mass is 269 g/mol. The summed E-state index contributed by atoms with van der Waals surface area (Å²) in [7, 11) is 2.11. The summed E-state index contributed by atoms with van der Waals surface area (Å²) in [5.74, 6) is 0. The first-order valence-corrected chi connectivity index (χ1v) is 7.05. The number of para-hydroxylation sites is 1. The van der Waals surface area contributed by atoms with Crippen molar-refractivity contribution < 1.29 is 0 Å². The molecule has 1 heterocycles. The van der Waals surface area contributed by atoms with Gasteiger partial charge >= 0.3 is 0 Å². The van der Waals surface area contributed by atoms with Crippen LogP contribution in [0.2, 0.25) is 0 Å². The molecule has 0 unspecified atom stereocenters. The first-order valence-electron chi connectivity index (χ1n) is 7.05. The van der Waals surface area contributed by atoms with Crippen molar-refractivity contribution in [2.24, 2.45) is 0 Å². The van der Waals surface area contributed by atoms with Gasteiger partial charge in [-0.15, -0.1) is 0 Å². The summed E-state index contributed by atoms with van der Waals surface area (Å²) in [6.45, 7) is 7.28. The molecule has 1 N–H and O–H groups in total. The van der Waals surface area contributed by atoms with Crippen molar-refractivity contribution in [3.05, 3.63) is 53.9 Å². The third kappa shape index (κ3) is 3.36.